The summed E-state index contributed by atoms with van der Waals surface area (Å²) < 4.78 is 11.9. The van der Waals surface area contributed by atoms with E-state index in [1.807, 2.05) is 11.8 Å². The zero-order chi connectivity index (χ0) is 16.9. The lowest BCUT2D eigenvalue weighted by Gasteiger charge is -2.43. The zero-order valence-corrected chi connectivity index (χ0v) is 14.8. The smallest absolute Gasteiger partial charge is 0.288 e. The molecule has 0 spiro atoms. The van der Waals surface area contributed by atoms with Gasteiger partial charge in [0, 0.05) is 32.2 Å². The summed E-state index contributed by atoms with van der Waals surface area (Å²) in [5.41, 5.74) is 0. The monoisotopic (exact) mass is 337 g/mol. The molecule has 3 rings (SSSR count). The van der Waals surface area contributed by atoms with Crippen molar-refractivity contribution in [2.24, 2.45) is 17.8 Å². The van der Waals surface area contributed by atoms with Crippen LogP contribution in [0.15, 0.2) is 11.8 Å². The van der Waals surface area contributed by atoms with E-state index in [0.29, 0.717) is 24.2 Å². The van der Waals surface area contributed by atoms with Crippen molar-refractivity contribution in [1.29, 1.82) is 0 Å². The van der Waals surface area contributed by atoms with Gasteiger partial charge in [-0.05, 0) is 63.4 Å². The Morgan fingerprint density at radius 2 is 2.08 bits per heavy atom. The Hall–Kier alpha value is -1.07. The summed E-state index contributed by atoms with van der Waals surface area (Å²) >= 11 is 0. The van der Waals surface area contributed by atoms with Crippen LogP contribution >= 0.6 is 0 Å². The molecule has 2 fully saturated rings. The molecule has 3 aliphatic rings. The number of carbonyl (C=O) groups is 1. The van der Waals surface area contributed by atoms with Crippen molar-refractivity contribution in [3.63, 3.8) is 0 Å². The summed E-state index contributed by atoms with van der Waals surface area (Å²) in [6.45, 7) is 4.39. The second kappa shape index (κ2) is 8.34. The molecule has 1 amide bonds. The lowest BCUT2D eigenvalue weighted by Crippen LogP contribution is -2.43. The second-order valence-electron chi connectivity index (χ2n) is 7.27. The van der Waals surface area contributed by atoms with Crippen LogP contribution in [0.25, 0.3) is 0 Å². The minimum Gasteiger partial charge on any atom is -0.459 e. The van der Waals surface area contributed by atoms with Gasteiger partial charge in [-0.25, -0.2) is 0 Å². The Morgan fingerprint density at radius 3 is 2.67 bits per heavy atom. The van der Waals surface area contributed by atoms with Crippen LogP contribution in [0.4, 0.5) is 0 Å². The van der Waals surface area contributed by atoms with Crippen molar-refractivity contribution < 1.29 is 19.4 Å². The van der Waals surface area contributed by atoms with Gasteiger partial charge in [0.25, 0.3) is 5.91 Å². The topological polar surface area (TPSA) is 59.0 Å². The van der Waals surface area contributed by atoms with Gasteiger partial charge in [0.1, 0.15) is 0 Å². The summed E-state index contributed by atoms with van der Waals surface area (Å²) in [6.07, 6.45) is 9.24. The highest BCUT2D eigenvalue weighted by atomic mass is 16.7. The quantitative estimate of drug-likeness (QED) is 0.776. The van der Waals surface area contributed by atoms with E-state index < -0.39 is 0 Å². The Morgan fingerprint density at radius 1 is 1.33 bits per heavy atom. The Labute approximate surface area is 145 Å². The molecule has 0 radical (unpaired) electrons. The van der Waals surface area contributed by atoms with E-state index in [1.54, 1.807) is 0 Å². The highest BCUT2D eigenvalue weighted by molar-refractivity contribution is 5.91. The molecule has 0 unspecified atom stereocenters. The normalized spacial score (nSPS) is 30.7. The van der Waals surface area contributed by atoms with E-state index in [0.717, 1.165) is 38.8 Å². The second-order valence-corrected chi connectivity index (χ2v) is 7.27. The molecule has 136 valence electrons. The average Bonchev–Trinajstić information content (AvgIpc) is 3.06. The number of likely N-dealkylation sites (tertiary alicyclic amines) is 1. The highest BCUT2D eigenvalue weighted by Crippen LogP contribution is 2.44. The number of amides is 1. The maximum atomic E-state index is 12.8. The first-order chi connectivity index (χ1) is 11.7. The van der Waals surface area contributed by atoms with Crippen LogP contribution in [0.1, 0.15) is 51.9 Å². The highest BCUT2D eigenvalue weighted by Gasteiger charge is 2.42. The van der Waals surface area contributed by atoms with Crippen LogP contribution in [0.2, 0.25) is 0 Å². The Balaban J connectivity index is 1.80. The number of aliphatic hydroxyl groups is 1. The van der Waals surface area contributed by atoms with Gasteiger partial charge in [-0.2, -0.15) is 0 Å². The summed E-state index contributed by atoms with van der Waals surface area (Å²) in [6, 6.07) is 0. The van der Waals surface area contributed by atoms with Crippen molar-refractivity contribution in [3.05, 3.63) is 11.8 Å². The van der Waals surface area contributed by atoms with Gasteiger partial charge in [0.05, 0.1) is 0 Å². The lowest BCUT2D eigenvalue weighted by atomic mass is 9.68. The summed E-state index contributed by atoms with van der Waals surface area (Å²) in [5.74, 6) is 1.71. The largest absolute Gasteiger partial charge is 0.459 e. The van der Waals surface area contributed by atoms with Crippen molar-refractivity contribution in [1.82, 2.24) is 4.90 Å². The van der Waals surface area contributed by atoms with Crippen LogP contribution < -0.4 is 0 Å². The zero-order valence-electron chi connectivity index (χ0n) is 14.8. The van der Waals surface area contributed by atoms with Gasteiger partial charge in [-0.1, -0.05) is 6.42 Å². The lowest BCUT2D eigenvalue weighted by molar-refractivity contribution is -0.180. The first-order valence-corrected chi connectivity index (χ1v) is 9.64. The number of hydrogen-bond donors (Lipinski definition) is 1. The fourth-order valence-electron chi connectivity index (χ4n) is 4.22. The number of rotatable bonds is 7. The molecule has 0 aromatic rings. The third-order valence-electron chi connectivity index (χ3n) is 5.76. The van der Waals surface area contributed by atoms with Crippen molar-refractivity contribution in [2.75, 3.05) is 26.3 Å². The van der Waals surface area contributed by atoms with Crippen LogP contribution in [0.3, 0.4) is 0 Å². The molecule has 1 N–H and O–H groups in total. The number of hydrogen-bond acceptors (Lipinski definition) is 4. The molecule has 24 heavy (non-hydrogen) atoms. The summed E-state index contributed by atoms with van der Waals surface area (Å²) in [7, 11) is 0. The van der Waals surface area contributed by atoms with Gasteiger partial charge >= 0.3 is 0 Å². The Bertz CT molecular complexity index is 454. The molecular weight excluding hydrogens is 306 g/mol. The molecule has 1 aliphatic carbocycles. The minimum absolute atomic E-state index is 0.0298. The maximum absolute atomic E-state index is 12.8. The van der Waals surface area contributed by atoms with Gasteiger partial charge in [-0.3, -0.25) is 4.79 Å². The molecule has 5 heteroatoms. The SMILES string of the molecule is CCO[C@H]1OC(C(=O)N2CCCC2)=C[C@@H](C2CCC2)[C@H]1CCCO. The molecule has 2 aliphatic heterocycles. The van der Waals surface area contributed by atoms with Crippen LogP contribution in [0, 0.1) is 17.8 Å². The fourth-order valence-corrected chi connectivity index (χ4v) is 4.22. The van der Waals surface area contributed by atoms with Gasteiger partial charge in [0.15, 0.2) is 5.76 Å². The van der Waals surface area contributed by atoms with Crippen molar-refractivity contribution in [2.45, 2.75) is 58.2 Å². The average molecular weight is 337 g/mol. The van der Waals surface area contributed by atoms with Gasteiger partial charge < -0.3 is 19.5 Å². The van der Waals surface area contributed by atoms with E-state index in [2.05, 4.69) is 6.08 Å². The van der Waals surface area contributed by atoms with Crippen LogP contribution in [0.5, 0.6) is 0 Å². The predicted octanol–water partition coefficient (Wildman–Crippen LogP) is 2.69. The molecule has 5 nitrogen and oxygen atoms in total. The van der Waals surface area contributed by atoms with Gasteiger partial charge in [0.2, 0.25) is 6.29 Å². The molecule has 3 atom stereocenters. The maximum Gasteiger partial charge on any atom is 0.288 e. The molecular formula is C19H31NO4. The minimum atomic E-state index is -0.362. The molecule has 1 saturated heterocycles. The first kappa shape index (κ1) is 17.7. The number of ether oxygens (including phenoxy) is 2. The predicted molar refractivity (Wildman–Crippen MR) is 91.0 cm³/mol. The molecule has 1 saturated carbocycles. The number of allylic oxidation sites excluding steroid dienone is 1. The third kappa shape index (κ3) is 3.77. The van der Waals surface area contributed by atoms with E-state index in [-0.39, 0.29) is 24.7 Å². The fraction of sp³-hybridized carbons (Fsp3) is 0.842. The summed E-state index contributed by atoms with van der Waals surface area (Å²) in [5, 5.41) is 9.24. The van der Waals surface area contributed by atoms with E-state index in [4.69, 9.17) is 9.47 Å². The van der Waals surface area contributed by atoms with Crippen molar-refractivity contribution in [3.8, 4) is 0 Å². The standard InChI is InChI=1S/C19H31NO4/c1-2-23-19-15(9-6-12-21)16(14-7-5-8-14)13-17(24-19)18(22)20-10-3-4-11-20/h13-16,19,21H,2-12H2,1H3/t15-,16+,19+/m1/s1. The number of aliphatic hydroxyl groups excluding tert-OH is 1. The Kier molecular flexibility index (Phi) is 6.17. The van der Waals surface area contributed by atoms with Crippen LogP contribution in [-0.2, 0) is 14.3 Å². The van der Waals surface area contributed by atoms with Crippen LogP contribution in [-0.4, -0.2) is 48.5 Å². The first-order valence-electron chi connectivity index (χ1n) is 9.64. The summed E-state index contributed by atoms with van der Waals surface area (Å²) in [4.78, 5) is 14.7. The molecule has 0 bridgehead atoms. The van der Waals surface area contributed by atoms with E-state index >= 15 is 0 Å². The molecule has 0 aromatic heterocycles. The van der Waals surface area contributed by atoms with Gasteiger partial charge in [-0.15, -0.1) is 0 Å². The third-order valence-corrected chi connectivity index (χ3v) is 5.76. The van der Waals surface area contributed by atoms with Crippen molar-refractivity contribution >= 4 is 5.91 Å². The number of carbonyl (C=O) groups excluding carboxylic acids is 1. The number of nitrogens with zero attached hydrogens (tertiary/aromatic N) is 1. The molecule has 0 aromatic carbocycles. The van der Waals surface area contributed by atoms with E-state index in [9.17, 15) is 9.90 Å². The molecule has 2 heterocycles. The van der Waals surface area contributed by atoms with E-state index in [1.165, 1.54) is 19.3 Å².